The van der Waals surface area contributed by atoms with E-state index >= 15 is 0 Å². The second-order valence-corrected chi connectivity index (χ2v) is 7.42. The number of halogens is 1. The Morgan fingerprint density at radius 3 is 2.50 bits per heavy atom. The highest BCUT2D eigenvalue weighted by molar-refractivity contribution is 6.33. The molecular formula is C23H17ClN2O6. The number of furan rings is 2. The first-order valence-corrected chi connectivity index (χ1v) is 9.89. The molecule has 0 aliphatic rings. The number of rotatable bonds is 6. The molecule has 162 valence electrons. The Hall–Kier alpha value is -3.88. The van der Waals surface area contributed by atoms with Crippen LogP contribution < -0.4 is 5.32 Å². The summed E-state index contributed by atoms with van der Waals surface area (Å²) in [6, 6.07) is 15.9. The largest absolute Gasteiger partial charge is 0.459 e. The molecule has 2 N–H and O–H groups in total. The molecule has 4 aromatic rings. The van der Waals surface area contributed by atoms with Crippen LogP contribution in [-0.2, 0) is 6.61 Å². The van der Waals surface area contributed by atoms with Gasteiger partial charge >= 0.3 is 0 Å². The van der Waals surface area contributed by atoms with Crippen LogP contribution in [0, 0.1) is 17.0 Å². The molecule has 0 saturated heterocycles. The number of nitrogens with zero attached hydrogens (tertiary/aromatic N) is 1. The van der Waals surface area contributed by atoms with E-state index in [4.69, 9.17) is 20.4 Å². The molecule has 0 unspecified atom stereocenters. The van der Waals surface area contributed by atoms with Crippen LogP contribution in [0.1, 0.15) is 21.9 Å². The molecule has 2 aromatic heterocycles. The molecule has 0 spiro atoms. The van der Waals surface area contributed by atoms with Gasteiger partial charge in [-0.05, 0) is 61.0 Å². The minimum atomic E-state index is -0.533. The quantitative estimate of drug-likeness (QED) is 0.281. The monoisotopic (exact) mass is 452 g/mol. The van der Waals surface area contributed by atoms with Gasteiger partial charge in [0.25, 0.3) is 11.6 Å². The Balaban J connectivity index is 1.58. The Labute approximate surface area is 187 Å². The van der Waals surface area contributed by atoms with Crippen molar-refractivity contribution < 1.29 is 23.7 Å². The molecule has 0 saturated carbocycles. The van der Waals surface area contributed by atoms with Gasteiger partial charge in [-0.25, -0.2) is 0 Å². The van der Waals surface area contributed by atoms with Crippen molar-refractivity contribution in [1.82, 2.24) is 0 Å². The van der Waals surface area contributed by atoms with Crippen molar-refractivity contribution in [2.75, 3.05) is 5.32 Å². The van der Waals surface area contributed by atoms with Gasteiger partial charge in [0, 0.05) is 17.3 Å². The lowest BCUT2D eigenvalue weighted by Crippen LogP contribution is -2.10. The molecule has 8 nitrogen and oxygen atoms in total. The van der Waals surface area contributed by atoms with Crippen LogP contribution in [0.25, 0.3) is 22.6 Å². The highest BCUT2D eigenvalue weighted by atomic mass is 35.5. The minimum Gasteiger partial charge on any atom is -0.459 e. The van der Waals surface area contributed by atoms with Crippen molar-refractivity contribution in [2.45, 2.75) is 13.5 Å². The minimum absolute atomic E-state index is 0.00746. The normalized spacial score (nSPS) is 10.8. The van der Waals surface area contributed by atoms with Gasteiger partial charge < -0.3 is 19.3 Å². The number of nitrogens with one attached hydrogen (secondary N) is 1. The van der Waals surface area contributed by atoms with Crippen molar-refractivity contribution in [1.29, 1.82) is 0 Å². The fourth-order valence-electron chi connectivity index (χ4n) is 3.20. The third kappa shape index (κ3) is 4.27. The van der Waals surface area contributed by atoms with Crippen LogP contribution in [0.4, 0.5) is 11.4 Å². The maximum absolute atomic E-state index is 12.7. The molecular weight excluding hydrogens is 436 g/mol. The Morgan fingerprint density at radius 2 is 1.78 bits per heavy atom. The van der Waals surface area contributed by atoms with Gasteiger partial charge in [-0.3, -0.25) is 14.9 Å². The summed E-state index contributed by atoms with van der Waals surface area (Å²) in [7, 11) is 0. The lowest BCUT2D eigenvalue weighted by Gasteiger charge is -2.07. The summed E-state index contributed by atoms with van der Waals surface area (Å²) < 4.78 is 11.1. The summed E-state index contributed by atoms with van der Waals surface area (Å²) in [5, 5.41) is 23.7. The molecule has 2 heterocycles. The number of aryl methyl sites for hydroxylation is 1. The topological polar surface area (TPSA) is 119 Å². The standard InChI is InChI=1S/C23H17ClN2O6/c1-13-2-5-16(19(10-13)26(29)30)20-8-9-22(32-20)23(28)25-14-3-6-18(24)17(11-14)21-7-4-15(12-27)31-21/h2-11,27H,12H2,1H3,(H,25,28). The molecule has 1 amide bonds. The van der Waals surface area contributed by atoms with Gasteiger partial charge in [0.2, 0.25) is 0 Å². The van der Waals surface area contributed by atoms with Gasteiger partial charge in [-0.15, -0.1) is 0 Å². The second-order valence-electron chi connectivity index (χ2n) is 7.01. The Kier molecular flexibility index (Phi) is 5.81. The number of carbonyl (C=O) groups is 1. The van der Waals surface area contributed by atoms with Gasteiger partial charge in [0.05, 0.1) is 15.5 Å². The lowest BCUT2D eigenvalue weighted by molar-refractivity contribution is -0.384. The fraction of sp³-hybridized carbons (Fsp3) is 0.0870. The zero-order valence-corrected chi connectivity index (χ0v) is 17.6. The SMILES string of the molecule is Cc1ccc(-c2ccc(C(=O)Nc3ccc(Cl)c(-c4ccc(CO)o4)c3)o2)c([N+](=O)[O-])c1. The fourth-order valence-corrected chi connectivity index (χ4v) is 3.41. The first kappa shape index (κ1) is 21.4. The molecule has 0 atom stereocenters. The van der Waals surface area contributed by atoms with Crippen LogP contribution in [0.5, 0.6) is 0 Å². The molecule has 0 aliphatic carbocycles. The summed E-state index contributed by atoms with van der Waals surface area (Å²) in [6.45, 7) is 1.51. The van der Waals surface area contributed by atoms with E-state index in [0.717, 1.165) is 5.56 Å². The van der Waals surface area contributed by atoms with E-state index in [0.29, 0.717) is 27.8 Å². The Bertz CT molecular complexity index is 1320. The van der Waals surface area contributed by atoms with E-state index in [9.17, 15) is 20.0 Å². The number of benzene rings is 2. The average Bonchev–Trinajstić information content (AvgIpc) is 3.45. The van der Waals surface area contributed by atoms with Gasteiger partial charge in [0.1, 0.15) is 23.9 Å². The number of hydrogen-bond acceptors (Lipinski definition) is 6. The smallest absolute Gasteiger partial charge is 0.291 e. The predicted octanol–water partition coefficient (Wildman–Crippen LogP) is 5.82. The molecule has 0 radical (unpaired) electrons. The van der Waals surface area contributed by atoms with Gasteiger partial charge in [-0.1, -0.05) is 17.7 Å². The number of carbonyl (C=O) groups excluding carboxylic acids is 1. The summed E-state index contributed by atoms with van der Waals surface area (Å²) in [6.07, 6.45) is 0. The summed E-state index contributed by atoms with van der Waals surface area (Å²) in [5.74, 6) is 0.508. The van der Waals surface area contributed by atoms with Crippen LogP contribution in [0.15, 0.2) is 69.5 Å². The van der Waals surface area contributed by atoms with Gasteiger partial charge in [-0.2, -0.15) is 0 Å². The number of amides is 1. The summed E-state index contributed by atoms with van der Waals surface area (Å²) in [4.78, 5) is 23.6. The van der Waals surface area contributed by atoms with E-state index in [1.807, 2.05) is 0 Å². The lowest BCUT2D eigenvalue weighted by atomic mass is 10.1. The van der Waals surface area contributed by atoms with Crippen LogP contribution in [-0.4, -0.2) is 15.9 Å². The summed E-state index contributed by atoms with van der Waals surface area (Å²) in [5.41, 5.74) is 1.90. The molecule has 0 bridgehead atoms. The van der Waals surface area contributed by atoms with Crippen molar-refractivity contribution in [2.24, 2.45) is 0 Å². The number of nitro benzene ring substituents is 1. The third-order valence-electron chi connectivity index (χ3n) is 4.75. The average molecular weight is 453 g/mol. The summed E-state index contributed by atoms with van der Waals surface area (Å²) >= 11 is 6.25. The zero-order valence-electron chi connectivity index (χ0n) is 16.8. The van der Waals surface area contributed by atoms with Crippen molar-refractivity contribution in [3.63, 3.8) is 0 Å². The van der Waals surface area contributed by atoms with Crippen LogP contribution in [0.3, 0.4) is 0 Å². The Morgan fingerprint density at radius 1 is 1.03 bits per heavy atom. The van der Waals surface area contributed by atoms with Crippen molar-refractivity contribution in [3.8, 4) is 22.6 Å². The first-order chi connectivity index (χ1) is 15.4. The second kappa shape index (κ2) is 8.70. The van der Waals surface area contributed by atoms with E-state index in [1.165, 1.54) is 18.2 Å². The van der Waals surface area contributed by atoms with E-state index in [1.54, 1.807) is 49.4 Å². The zero-order chi connectivity index (χ0) is 22.8. The number of hydrogen-bond donors (Lipinski definition) is 2. The number of nitro groups is 1. The van der Waals surface area contributed by atoms with Crippen LogP contribution >= 0.6 is 11.6 Å². The molecule has 0 fully saturated rings. The maximum atomic E-state index is 12.7. The highest BCUT2D eigenvalue weighted by Crippen LogP contribution is 2.34. The van der Waals surface area contributed by atoms with Crippen LogP contribution in [0.2, 0.25) is 5.02 Å². The number of aliphatic hydroxyl groups is 1. The maximum Gasteiger partial charge on any atom is 0.291 e. The van der Waals surface area contributed by atoms with Gasteiger partial charge in [0.15, 0.2) is 5.76 Å². The molecule has 32 heavy (non-hydrogen) atoms. The van der Waals surface area contributed by atoms with Crippen molar-refractivity contribution in [3.05, 3.63) is 92.9 Å². The van der Waals surface area contributed by atoms with E-state index in [2.05, 4.69) is 5.32 Å². The molecule has 2 aromatic carbocycles. The first-order valence-electron chi connectivity index (χ1n) is 9.52. The predicted molar refractivity (Wildman–Crippen MR) is 119 cm³/mol. The van der Waals surface area contributed by atoms with Crippen molar-refractivity contribution >= 4 is 28.9 Å². The third-order valence-corrected chi connectivity index (χ3v) is 5.08. The van der Waals surface area contributed by atoms with E-state index < -0.39 is 10.8 Å². The molecule has 4 rings (SSSR count). The molecule has 0 aliphatic heterocycles. The number of aliphatic hydroxyl groups excluding tert-OH is 1. The molecule has 9 heteroatoms. The highest BCUT2D eigenvalue weighted by Gasteiger charge is 2.20. The van der Waals surface area contributed by atoms with E-state index in [-0.39, 0.29) is 29.4 Å². The number of anilines is 1.